The summed E-state index contributed by atoms with van der Waals surface area (Å²) >= 11 is 0. The van der Waals surface area contributed by atoms with Gasteiger partial charge in [-0.3, -0.25) is 4.79 Å². The Morgan fingerprint density at radius 3 is 2.40 bits per heavy atom. The Bertz CT molecular complexity index is 350. The van der Waals surface area contributed by atoms with Gasteiger partial charge >= 0.3 is 6.09 Å². The van der Waals surface area contributed by atoms with Crippen LogP contribution in [0.5, 0.6) is 0 Å². The van der Waals surface area contributed by atoms with Crippen LogP contribution in [0, 0.1) is 11.3 Å². The molecule has 0 aliphatic carbocycles. The molecule has 5 heteroatoms. The van der Waals surface area contributed by atoms with Crippen molar-refractivity contribution in [2.75, 3.05) is 19.7 Å². The van der Waals surface area contributed by atoms with Crippen LogP contribution in [-0.2, 0) is 9.53 Å². The fourth-order valence-electron chi connectivity index (χ4n) is 2.58. The van der Waals surface area contributed by atoms with E-state index in [1.165, 1.54) is 0 Å². The summed E-state index contributed by atoms with van der Waals surface area (Å²) < 4.78 is 4.92. The summed E-state index contributed by atoms with van der Waals surface area (Å²) in [5.74, 6) is 0.577. The van der Waals surface area contributed by atoms with Gasteiger partial charge in [0, 0.05) is 18.5 Å². The van der Waals surface area contributed by atoms with Gasteiger partial charge in [0.25, 0.3) is 0 Å². The molecule has 0 saturated carbocycles. The van der Waals surface area contributed by atoms with Crippen molar-refractivity contribution in [3.05, 3.63) is 0 Å². The first-order valence-corrected chi connectivity index (χ1v) is 7.50. The van der Waals surface area contributed by atoms with E-state index in [9.17, 15) is 9.59 Å². The average molecular weight is 284 g/mol. The molecule has 5 nitrogen and oxygen atoms in total. The maximum atomic E-state index is 12.4. The minimum Gasteiger partial charge on any atom is -0.450 e. The molecule has 1 fully saturated rings. The number of hydrogen-bond acceptors (Lipinski definition) is 3. The first kappa shape index (κ1) is 16.8. The van der Waals surface area contributed by atoms with Gasteiger partial charge < -0.3 is 15.0 Å². The minimum absolute atomic E-state index is 0.0148. The molecule has 1 aliphatic rings. The van der Waals surface area contributed by atoms with Gasteiger partial charge in [0.1, 0.15) is 0 Å². The van der Waals surface area contributed by atoms with Crippen LogP contribution in [0.3, 0.4) is 0 Å². The van der Waals surface area contributed by atoms with E-state index in [0.717, 1.165) is 19.4 Å². The normalized spacial score (nSPS) is 23.4. The molecule has 20 heavy (non-hydrogen) atoms. The standard InChI is InChI=1S/C15H28N2O3/c1-6-11-8-12(16-14(19)20-7-2)10-17(9-11)13(18)15(3,4)5/h11-12H,6-10H2,1-5H3,(H,16,19). The van der Waals surface area contributed by atoms with Gasteiger partial charge in [-0.15, -0.1) is 0 Å². The fourth-order valence-corrected chi connectivity index (χ4v) is 2.58. The molecule has 2 atom stereocenters. The summed E-state index contributed by atoms with van der Waals surface area (Å²) in [7, 11) is 0. The average Bonchev–Trinajstić information content (AvgIpc) is 2.36. The Kier molecular flexibility index (Phi) is 5.84. The van der Waals surface area contributed by atoms with E-state index in [-0.39, 0.29) is 17.4 Å². The van der Waals surface area contributed by atoms with Crippen molar-refractivity contribution >= 4 is 12.0 Å². The van der Waals surface area contributed by atoms with Gasteiger partial charge in [0.15, 0.2) is 0 Å². The third kappa shape index (κ3) is 4.69. The summed E-state index contributed by atoms with van der Waals surface area (Å²) in [5.41, 5.74) is -0.385. The predicted octanol–water partition coefficient (Wildman–Crippen LogP) is 2.41. The van der Waals surface area contributed by atoms with Crippen LogP contribution in [0.1, 0.15) is 47.5 Å². The van der Waals surface area contributed by atoms with Gasteiger partial charge in [0.05, 0.1) is 12.6 Å². The summed E-state index contributed by atoms with van der Waals surface area (Å²) in [4.78, 5) is 25.8. The highest BCUT2D eigenvalue weighted by atomic mass is 16.5. The summed E-state index contributed by atoms with van der Waals surface area (Å²) in [5, 5.41) is 2.87. The summed E-state index contributed by atoms with van der Waals surface area (Å²) in [6, 6.07) is -0.0148. The van der Waals surface area contributed by atoms with Crippen LogP contribution in [0.2, 0.25) is 0 Å². The smallest absolute Gasteiger partial charge is 0.407 e. The molecule has 0 radical (unpaired) electrons. The van der Waals surface area contributed by atoms with Crippen molar-refractivity contribution in [3.63, 3.8) is 0 Å². The molecule has 2 amide bonds. The molecule has 0 spiro atoms. The SMILES string of the molecule is CCOC(=O)NC1CC(CC)CN(C(=O)C(C)(C)C)C1. The lowest BCUT2D eigenvalue weighted by atomic mass is 9.88. The number of carbonyl (C=O) groups is 2. The Morgan fingerprint density at radius 2 is 1.90 bits per heavy atom. The van der Waals surface area contributed by atoms with Gasteiger partial charge in [-0.1, -0.05) is 34.1 Å². The van der Waals surface area contributed by atoms with Crippen molar-refractivity contribution in [2.45, 2.75) is 53.5 Å². The zero-order valence-electron chi connectivity index (χ0n) is 13.4. The second-order valence-corrected chi connectivity index (χ2v) is 6.53. The monoisotopic (exact) mass is 284 g/mol. The largest absolute Gasteiger partial charge is 0.450 e. The molecule has 0 aromatic heterocycles. The summed E-state index contributed by atoms with van der Waals surface area (Å²) in [6.07, 6.45) is 1.52. The van der Waals surface area contributed by atoms with Crippen LogP contribution in [0.15, 0.2) is 0 Å². The molecule has 0 aromatic carbocycles. The van der Waals surface area contributed by atoms with Crippen molar-refractivity contribution in [1.29, 1.82) is 0 Å². The number of hydrogen-bond donors (Lipinski definition) is 1. The van der Waals surface area contributed by atoms with Crippen molar-refractivity contribution in [2.24, 2.45) is 11.3 Å². The van der Waals surface area contributed by atoms with E-state index in [2.05, 4.69) is 12.2 Å². The van der Waals surface area contributed by atoms with Gasteiger partial charge in [0.2, 0.25) is 5.91 Å². The number of nitrogens with zero attached hydrogens (tertiary/aromatic N) is 1. The van der Waals surface area contributed by atoms with Gasteiger partial charge in [-0.05, 0) is 19.3 Å². The molecule has 2 unspecified atom stereocenters. The maximum Gasteiger partial charge on any atom is 0.407 e. The van der Waals surface area contributed by atoms with E-state index < -0.39 is 6.09 Å². The van der Waals surface area contributed by atoms with Crippen LogP contribution in [-0.4, -0.2) is 42.6 Å². The number of amides is 2. The molecule has 0 bridgehead atoms. The lowest BCUT2D eigenvalue weighted by molar-refractivity contribution is -0.141. The second-order valence-electron chi connectivity index (χ2n) is 6.53. The molecule has 1 rings (SSSR count). The Labute approximate surface area is 122 Å². The van der Waals surface area contributed by atoms with Crippen LogP contribution in [0.4, 0.5) is 4.79 Å². The number of carbonyl (C=O) groups excluding carboxylic acids is 2. The number of ether oxygens (including phenoxy) is 1. The van der Waals surface area contributed by atoms with E-state index in [1.807, 2.05) is 25.7 Å². The lowest BCUT2D eigenvalue weighted by Crippen LogP contribution is -2.54. The van der Waals surface area contributed by atoms with E-state index in [1.54, 1.807) is 6.92 Å². The molecule has 1 saturated heterocycles. The van der Waals surface area contributed by atoms with Gasteiger partial charge in [-0.25, -0.2) is 4.79 Å². The minimum atomic E-state index is -0.391. The second kappa shape index (κ2) is 6.95. The van der Waals surface area contributed by atoms with Crippen molar-refractivity contribution < 1.29 is 14.3 Å². The van der Waals surface area contributed by atoms with Crippen LogP contribution in [0.25, 0.3) is 0 Å². The first-order chi connectivity index (χ1) is 9.27. The molecule has 1 heterocycles. The fraction of sp³-hybridized carbons (Fsp3) is 0.867. The summed E-state index contributed by atoms with van der Waals surface area (Å²) in [6.45, 7) is 11.4. The molecule has 116 valence electrons. The Morgan fingerprint density at radius 1 is 1.25 bits per heavy atom. The number of alkyl carbamates (subject to hydrolysis) is 1. The molecule has 1 aliphatic heterocycles. The van der Waals surface area contributed by atoms with E-state index in [4.69, 9.17) is 4.74 Å². The molecular weight excluding hydrogens is 256 g/mol. The van der Waals surface area contributed by atoms with E-state index in [0.29, 0.717) is 19.1 Å². The van der Waals surface area contributed by atoms with Crippen LogP contribution >= 0.6 is 0 Å². The third-order valence-electron chi connectivity index (χ3n) is 3.64. The highest BCUT2D eigenvalue weighted by molar-refractivity contribution is 5.81. The van der Waals surface area contributed by atoms with Crippen LogP contribution < -0.4 is 5.32 Å². The van der Waals surface area contributed by atoms with E-state index >= 15 is 0 Å². The van der Waals surface area contributed by atoms with Gasteiger partial charge in [-0.2, -0.15) is 0 Å². The predicted molar refractivity (Wildman–Crippen MR) is 78.4 cm³/mol. The Hall–Kier alpha value is -1.26. The zero-order valence-corrected chi connectivity index (χ0v) is 13.4. The number of piperidine rings is 1. The molecular formula is C15H28N2O3. The van der Waals surface area contributed by atoms with Crippen molar-refractivity contribution in [1.82, 2.24) is 10.2 Å². The molecule has 1 N–H and O–H groups in total. The zero-order chi connectivity index (χ0) is 15.3. The first-order valence-electron chi connectivity index (χ1n) is 7.50. The lowest BCUT2D eigenvalue weighted by Gasteiger charge is -2.40. The quantitative estimate of drug-likeness (QED) is 0.865. The van der Waals surface area contributed by atoms with Crippen molar-refractivity contribution in [3.8, 4) is 0 Å². The highest BCUT2D eigenvalue weighted by Gasteiger charge is 2.34. The number of likely N-dealkylation sites (tertiary alicyclic amines) is 1. The number of rotatable bonds is 3. The maximum absolute atomic E-state index is 12.4. The highest BCUT2D eigenvalue weighted by Crippen LogP contribution is 2.25. The molecule has 0 aromatic rings. The Balaban J connectivity index is 2.69. The third-order valence-corrected chi connectivity index (χ3v) is 3.64. The number of nitrogens with one attached hydrogen (secondary N) is 1. The topological polar surface area (TPSA) is 58.6 Å².